The molecule has 0 bridgehead atoms. The van der Waals surface area contributed by atoms with Crippen LogP contribution in [-0.4, -0.2) is 53.5 Å². The van der Waals surface area contributed by atoms with Crippen LogP contribution in [0.2, 0.25) is 0 Å². The fourth-order valence-corrected chi connectivity index (χ4v) is 1.98. The van der Waals surface area contributed by atoms with Gasteiger partial charge < -0.3 is 4.74 Å². The number of carbonyl (C=O) groups is 2. The Morgan fingerprint density at radius 1 is 1.22 bits per heavy atom. The van der Waals surface area contributed by atoms with Gasteiger partial charge in [0.15, 0.2) is 5.11 Å². The molecule has 2 amide bonds. The summed E-state index contributed by atoms with van der Waals surface area (Å²) in [5.74, 6) is -0.804. The average Bonchev–Trinajstić information content (AvgIpc) is 2.36. The molecule has 0 unspecified atom stereocenters. The summed E-state index contributed by atoms with van der Waals surface area (Å²) >= 11 is 5.20. The third-order valence-electron chi connectivity index (χ3n) is 2.72. The van der Waals surface area contributed by atoms with E-state index in [9.17, 15) is 9.59 Å². The Kier molecular flexibility index (Phi) is 5.43. The fourth-order valence-electron chi connectivity index (χ4n) is 1.63. The minimum absolute atomic E-state index is 0.0317. The van der Waals surface area contributed by atoms with Gasteiger partial charge in [-0.3, -0.25) is 19.4 Å². The second-order valence-corrected chi connectivity index (χ2v) is 4.39. The molecule has 0 aromatic heterocycles. The van der Waals surface area contributed by atoms with Gasteiger partial charge in [0, 0.05) is 13.7 Å². The number of unbranched alkanes of at least 4 members (excludes halogenated alkanes) is 1. The number of amides is 2. The zero-order chi connectivity index (χ0) is 13.7. The second kappa shape index (κ2) is 6.61. The number of carbonyl (C=O) groups excluding carboxylic acids is 2. The lowest BCUT2D eigenvalue weighted by Crippen LogP contribution is -2.56. The molecule has 0 aromatic carbocycles. The SMILES string of the molecule is C=C1C(=O)N(CCCC)C(=S)N(CCOC)C1=O. The summed E-state index contributed by atoms with van der Waals surface area (Å²) in [6.45, 7) is 6.80. The van der Waals surface area contributed by atoms with E-state index in [-0.39, 0.29) is 16.6 Å². The van der Waals surface area contributed by atoms with Crippen LogP contribution in [0.4, 0.5) is 0 Å². The molecule has 0 saturated carbocycles. The Morgan fingerprint density at radius 2 is 1.78 bits per heavy atom. The largest absolute Gasteiger partial charge is 0.383 e. The van der Waals surface area contributed by atoms with Crippen molar-refractivity contribution in [2.45, 2.75) is 19.8 Å². The summed E-state index contributed by atoms with van der Waals surface area (Å²) in [7, 11) is 1.55. The summed E-state index contributed by atoms with van der Waals surface area (Å²) < 4.78 is 4.93. The summed E-state index contributed by atoms with van der Waals surface area (Å²) in [4.78, 5) is 26.7. The molecule has 0 aromatic rings. The molecule has 100 valence electrons. The maximum atomic E-state index is 11.9. The van der Waals surface area contributed by atoms with Gasteiger partial charge in [0.1, 0.15) is 0 Å². The highest BCUT2D eigenvalue weighted by Crippen LogP contribution is 2.16. The Balaban J connectivity index is 2.86. The Bertz CT molecular complexity index is 350. The monoisotopic (exact) mass is 270 g/mol. The number of methoxy groups -OCH3 is 1. The minimum Gasteiger partial charge on any atom is -0.383 e. The van der Waals surface area contributed by atoms with E-state index >= 15 is 0 Å². The third-order valence-corrected chi connectivity index (χ3v) is 3.16. The van der Waals surface area contributed by atoms with Crippen molar-refractivity contribution >= 4 is 29.1 Å². The number of ether oxygens (including phenoxy) is 1. The average molecular weight is 270 g/mol. The lowest BCUT2D eigenvalue weighted by atomic mass is 10.1. The van der Waals surface area contributed by atoms with Crippen LogP contribution in [0.1, 0.15) is 19.8 Å². The van der Waals surface area contributed by atoms with E-state index in [0.717, 1.165) is 12.8 Å². The number of hydrogen-bond donors (Lipinski definition) is 0. The van der Waals surface area contributed by atoms with Gasteiger partial charge in [0.25, 0.3) is 11.8 Å². The molecular formula is C12H18N2O3S. The maximum absolute atomic E-state index is 11.9. The van der Waals surface area contributed by atoms with E-state index in [1.54, 1.807) is 7.11 Å². The quantitative estimate of drug-likeness (QED) is 0.409. The molecule has 1 rings (SSSR count). The minimum atomic E-state index is -0.421. The summed E-state index contributed by atoms with van der Waals surface area (Å²) in [5.41, 5.74) is -0.0317. The first-order chi connectivity index (χ1) is 8.54. The molecule has 5 nitrogen and oxygen atoms in total. The van der Waals surface area contributed by atoms with Crippen molar-refractivity contribution in [1.82, 2.24) is 9.80 Å². The van der Waals surface area contributed by atoms with Gasteiger partial charge in [-0.05, 0) is 18.6 Å². The summed E-state index contributed by atoms with van der Waals surface area (Å²) in [6, 6.07) is 0. The third kappa shape index (κ3) is 2.94. The molecule has 0 radical (unpaired) electrons. The Hall–Kier alpha value is -1.27. The zero-order valence-corrected chi connectivity index (χ0v) is 11.6. The number of thiocarbonyl (C=S) groups is 1. The number of rotatable bonds is 6. The van der Waals surface area contributed by atoms with Crippen molar-refractivity contribution in [3.05, 3.63) is 12.2 Å². The smallest absolute Gasteiger partial charge is 0.265 e. The van der Waals surface area contributed by atoms with Crippen LogP contribution in [0.3, 0.4) is 0 Å². The molecule has 1 heterocycles. The van der Waals surface area contributed by atoms with E-state index in [2.05, 4.69) is 6.58 Å². The lowest BCUT2D eigenvalue weighted by Gasteiger charge is -2.36. The van der Waals surface area contributed by atoms with Crippen LogP contribution in [0.5, 0.6) is 0 Å². The fraction of sp³-hybridized carbons (Fsp3) is 0.583. The first-order valence-corrected chi connectivity index (χ1v) is 6.31. The van der Waals surface area contributed by atoms with Crippen molar-refractivity contribution in [3.63, 3.8) is 0 Å². The van der Waals surface area contributed by atoms with Gasteiger partial charge in [-0.25, -0.2) is 0 Å². The highest BCUT2D eigenvalue weighted by atomic mass is 32.1. The van der Waals surface area contributed by atoms with Crippen LogP contribution in [-0.2, 0) is 14.3 Å². The molecule has 1 saturated heterocycles. The van der Waals surface area contributed by atoms with Gasteiger partial charge in [0.2, 0.25) is 0 Å². The van der Waals surface area contributed by atoms with Crippen molar-refractivity contribution in [2.75, 3.05) is 26.8 Å². The van der Waals surface area contributed by atoms with Crippen molar-refractivity contribution < 1.29 is 14.3 Å². The van der Waals surface area contributed by atoms with Crippen LogP contribution >= 0.6 is 12.2 Å². The van der Waals surface area contributed by atoms with Crippen molar-refractivity contribution in [3.8, 4) is 0 Å². The van der Waals surface area contributed by atoms with Crippen molar-refractivity contribution in [1.29, 1.82) is 0 Å². The van der Waals surface area contributed by atoms with E-state index in [1.165, 1.54) is 9.80 Å². The lowest BCUT2D eigenvalue weighted by molar-refractivity contribution is -0.134. The van der Waals surface area contributed by atoms with Crippen molar-refractivity contribution in [2.24, 2.45) is 0 Å². The van der Waals surface area contributed by atoms with Gasteiger partial charge in [0.05, 0.1) is 18.7 Å². The summed E-state index contributed by atoms with van der Waals surface area (Å²) in [6.07, 6.45) is 1.79. The molecule has 6 heteroatoms. The molecular weight excluding hydrogens is 252 g/mol. The second-order valence-electron chi connectivity index (χ2n) is 4.02. The molecule has 1 fully saturated rings. The number of hydrogen-bond acceptors (Lipinski definition) is 4. The molecule has 0 N–H and O–H groups in total. The Morgan fingerprint density at radius 3 is 2.28 bits per heavy atom. The predicted molar refractivity (Wildman–Crippen MR) is 71.9 cm³/mol. The molecule has 0 aliphatic carbocycles. The molecule has 1 aliphatic rings. The van der Waals surface area contributed by atoms with E-state index in [1.807, 2.05) is 6.92 Å². The normalized spacial score (nSPS) is 16.8. The first kappa shape index (κ1) is 14.8. The molecule has 18 heavy (non-hydrogen) atoms. The number of nitrogens with zero attached hydrogens (tertiary/aromatic N) is 2. The molecule has 0 spiro atoms. The van der Waals surface area contributed by atoms with E-state index < -0.39 is 5.91 Å². The zero-order valence-electron chi connectivity index (χ0n) is 10.8. The van der Waals surface area contributed by atoms with Gasteiger partial charge in [-0.1, -0.05) is 19.9 Å². The Labute approximate surface area is 112 Å². The predicted octanol–water partition coefficient (Wildman–Crippen LogP) is 0.945. The standard InChI is InChI=1S/C12H18N2O3S/c1-4-5-6-13-10(15)9(2)11(16)14(12(13)18)7-8-17-3/h2,4-8H2,1,3H3. The van der Waals surface area contributed by atoms with Crippen LogP contribution < -0.4 is 0 Å². The van der Waals surface area contributed by atoms with Gasteiger partial charge >= 0.3 is 0 Å². The first-order valence-electron chi connectivity index (χ1n) is 5.90. The maximum Gasteiger partial charge on any atom is 0.265 e. The molecule has 1 aliphatic heterocycles. The van der Waals surface area contributed by atoms with Crippen LogP contribution in [0.25, 0.3) is 0 Å². The van der Waals surface area contributed by atoms with E-state index in [0.29, 0.717) is 19.7 Å². The van der Waals surface area contributed by atoms with Crippen LogP contribution in [0, 0.1) is 0 Å². The van der Waals surface area contributed by atoms with Gasteiger partial charge in [-0.2, -0.15) is 0 Å². The molecule has 0 atom stereocenters. The van der Waals surface area contributed by atoms with Gasteiger partial charge in [-0.15, -0.1) is 0 Å². The topological polar surface area (TPSA) is 49.9 Å². The highest BCUT2D eigenvalue weighted by Gasteiger charge is 2.37. The van der Waals surface area contributed by atoms with E-state index in [4.69, 9.17) is 17.0 Å². The highest BCUT2D eigenvalue weighted by molar-refractivity contribution is 7.80. The van der Waals surface area contributed by atoms with Crippen LogP contribution in [0.15, 0.2) is 12.2 Å². The summed E-state index contributed by atoms with van der Waals surface area (Å²) in [5, 5.41) is 0.253.